The predicted octanol–water partition coefficient (Wildman–Crippen LogP) is 1.35. The summed E-state index contributed by atoms with van der Waals surface area (Å²) in [6.07, 6.45) is 5.62. The standard InChI is InChI=1S/C11H21N2/c1-11(13-8-4-5-9-13)10-12-6-2-3-7-12/h2-10H2,1H3/q+1. The van der Waals surface area contributed by atoms with Gasteiger partial charge in [0.15, 0.2) is 5.71 Å². The molecule has 2 aliphatic heterocycles. The smallest absolute Gasteiger partial charge is 0.163 e. The average molecular weight is 181 g/mol. The first-order valence-corrected chi connectivity index (χ1v) is 5.66. The average Bonchev–Trinajstić information content (AvgIpc) is 2.74. The topological polar surface area (TPSA) is 6.25 Å². The molecule has 2 heterocycles. The van der Waals surface area contributed by atoms with Crippen molar-refractivity contribution in [2.75, 3.05) is 32.7 Å². The Labute approximate surface area is 81.2 Å². The normalized spacial score (nSPS) is 24.2. The minimum atomic E-state index is 1.22. The van der Waals surface area contributed by atoms with Crippen molar-refractivity contribution in [2.45, 2.75) is 32.6 Å². The fraction of sp³-hybridized carbons (Fsp3) is 0.909. The second kappa shape index (κ2) is 4.23. The van der Waals surface area contributed by atoms with E-state index in [-0.39, 0.29) is 0 Å². The first-order valence-electron chi connectivity index (χ1n) is 5.66. The zero-order chi connectivity index (χ0) is 9.10. The van der Waals surface area contributed by atoms with E-state index in [2.05, 4.69) is 16.4 Å². The Balaban J connectivity index is 1.88. The van der Waals surface area contributed by atoms with Gasteiger partial charge in [0.05, 0.1) is 6.54 Å². The van der Waals surface area contributed by atoms with E-state index in [9.17, 15) is 0 Å². The van der Waals surface area contributed by atoms with E-state index in [1.54, 1.807) is 5.71 Å². The molecule has 2 saturated heterocycles. The monoisotopic (exact) mass is 181 g/mol. The zero-order valence-corrected chi connectivity index (χ0v) is 8.76. The van der Waals surface area contributed by atoms with Crippen molar-refractivity contribution < 1.29 is 4.58 Å². The van der Waals surface area contributed by atoms with E-state index in [4.69, 9.17) is 0 Å². The van der Waals surface area contributed by atoms with E-state index in [0.29, 0.717) is 0 Å². The molecule has 2 rings (SSSR count). The Bertz CT molecular complexity index is 194. The summed E-state index contributed by atoms with van der Waals surface area (Å²) in [6.45, 7) is 8.79. The molecule has 0 aromatic rings. The molecule has 2 fully saturated rings. The molecule has 0 N–H and O–H groups in total. The molecule has 0 unspecified atom stereocenters. The summed E-state index contributed by atoms with van der Waals surface area (Å²) in [5.41, 5.74) is 1.60. The summed E-state index contributed by atoms with van der Waals surface area (Å²) >= 11 is 0. The first-order chi connectivity index (χ1) is 6.36. The molecule has 0 bridgehead atoms. The third-order valence-corrected chi connectivity index (χ3v) is 3.30. The van der Waals surface area contributed by atoms with Crippen molar-refractivity contribution in [3.63, 3.8) is 0 Å². The molecule has 0 saturated carbocycles. The largest absolute Gasteiger partial charge is 0.294 e. The maximum atomic E-state index is 2.59. The summed E-state index contributed by atoms with van der Waals surface area (Å²) in [4.78, 5) is 2.59. The van der Waals surface area contributed by atoms with E-state index in [1.165, 1.54) is 58.4 Å². The zero-order valence-electron chi connectivity index (χ0n) is 8.76. The van der Waals surface area contributed by atoms with Crippen LogP contribution >= 0.6 is 0 Å². The fourth-order valence-electron chi connectivity index (χ4n) is 2.46. The van der Waals surface area contributed by atoms with Gasteiger partial charge >= 0.3 is 0 Å². The number of hydrogen-bond donors (Lipinski definition) is 0. The van der Waals surface area contributed by atoms with Crippen molar-refractivity contribution >= 4 is 5.71 Å². The van der Waals surface area contributed by atoms with Crippen molar-refractivity contribution in [3.8, 4) is 0 Å². The maximum absolute atomic E-state index is 2.59. The van der Waals surface area contributed by atoms with Gasteiger partial charge in [-0.1, -0.05) is 0 Å². The third kappa shape index (κ3) is 2.31. The van der Waals surface area contributed by atoms with E-state index >= 15 is 0 Å². The quantitative estimate of drug-likeness (QED) is 0.583. The van der Waals surface area contributed by atoms with Crippen molar-refractivity contribution in [2.24, 2.45) is 0 Å². The highest BCUT2D eigenvalue weighted by atomic mass is 15.2. The van der Waals surface area contributed by atoms with Crippen LogP contribution in [0, 0.1) is 0 Å². The molecule has 2 heteroatoms. The van der Waals surface area contributed by atoms with Crippen molar-refractivity contribution in [1.29, 1.82) is 0 Å². The van der Waals surface area contributed by atoms with Crippen LogP contribution in [-0.4, -0.2) is 47.9 Å². The van der Waals surface area contributed by atoms with Crippen LogP contribution in [0.3, 0.4) is 0 Å². The van der Waals surface area contributed by atoms with Crippen LogP contribution in [0.5, 0.6) is 0 Å². The molecule has 74 valence electrons. The maximum Gasteiger partial charge on any atom is 0.163 e. The molecule has 0 radical (unpaired) electrons. The van der Waals surface area contributed by atoms with E-state index < -0.39 is 0 Å². The van der Waals surface area contributed by atoms with Gasteiger partial charge in [0.25, 0.3) is 0 Å². The lowest BCUT2D eigenvalue weighted by molar-refractivity contribution is -0.507. The van der Waals surface area contributed by atoms with Gasteiger partial charge in [0.1, 0.15) is 13.1 Å². The SMILES string of the molecule is CC(CN1CCCC1)=[N+]1CCCC1. The van der Waals surface area contributed by atoms with Crippen LogP contribution in [0.15, 0.2) is 0 Å². The molecule has 0 aromatic heterocycles. The number of nitrogens with zero attached hydrogens (tertiary/aromatic N) is 2. The highest BCUT2D eigenvalue weighted by molar-refractivity contribution is 5.79. The molecule has 0 amide bonds. The van der Waals surface area contributed by atoms with Crippen LogP contribution in [-0.2, 0) is 0 Å². The van der Waals surface area contributed by atoms with Gasteiger partial charge in [-0.3, -0.25) is 4.90 Å². The van der Waals surface area contributed by atoms with E-state index in [1.807, 2.05) is 0 Å². The Hall–Kier alpha value is -0.370. The van der Waals surface area contributed by atoms with Crippen LogP contribution in [0.2, 0.25) is 0 Å². The van der Waals surface area contributed by atoms with Crippen molar-refractivity contribution in [3.05, 3.63) is 0 Å². The Morgan fingerprint density at radius 1 is 1.08 bits per heavy atom. The van der Waals surface area contributed by atoms with Gasteiger partial charge in [0, 0.05) is 19.8 Å². The third-order valence-electron chi connectivity index (χ3n) is 3.30. The lowest BCUT2D eigenvalue weighted by Crippen LogP contribution is -2.30. The number of rotatable bonds is 2. The molecule has 0 aliphatic carbocycles. The predicted molar refractivity (Wildman–Crippen MR) is 55.6 cm³/mol. The van der Waals surface area contributed by atoms with Crippen LogP contribution < -0.4 is 0 Å². The second-order valence-electron chi connectivity index (χ2n) is 4.41. The van der Waals surface area contributed by atoms with Crippen LogP contribution in [0.4, 0.5) is 0 Å². The molecule has 0 spiro atoms. The molecular formula is C11H21N2+. The summed E-state index contributed by atoms with van der Waals surface area (Å²) in [7, 11) is 0. The minimum absolute atomic E-state index is 1.22. The molecule has 0 aromatic carbocycles. The molecule has 13 heavy (non-hydrogen) atoms. The highest BCUT2D eigenvalue weighted by Gasteiger charge is 2.19. The Kier molecular flexibility index (Phi) is 2.99. The van der Waals surface area contributed by atoms with Gasteiger partial charge < -0.3 is 0 Å². The second-order valence-corrected chi connectivity index (χ2v) is 4.41. The Morgan fingerprint density at radius 2 is 1.69 bits per heavy atom. The summed E-state index contributed by atoms with van der Waals surface area (Å²) < 4.78 is 2.57. The molecular weight excluding hydrogens is 160 g/mol. The Morgan fingerprint density at radius 3 is 2.31 bits per heavy atom. The van der Waals surface area contributed by atoms with Crippen LogP contribution in [0.1, 0.15) is 32.6 Å². The van der Waals surface area contributed by atoms with Gasteiger partial charge in [-0.05, 0) is 25.9 Å². The van der Waals surface area contributed by atoms with E-state index in [0.717, 1.165) is 0 Å². The lowest BCUT2D eigenvalue weighted by atomic mass is 10.3. The summed E-state index contributed by atoms with van der Waals surface area (Å²) in [6, 6.07) is 0. The van der Waals surface area contributed by atoms with Gasteiger partial charge in [-0.2, -0.15) is 0 Å². The highest BCUT2D eigenvalue weighted by Crippen LogP contribution is 2.08. The molecule has 2 nitrogen and oxygen atoms in total. The van der Waals surface area contributed by atoms with Gasteiger partial charge in [-0.15, -0.1) is 0 Å². The first kappa shape index (κ1) is 9.20. The summed E-state index contributed by atoms with van der Waals surface area (Å²) in [5, 5.41) is 0. The minimum Gasteiger partial charge on any atom is -0.294 e. The number of likely N-dealkylation sites (tertiary alicyclic amines) is 1. The van der Waals surface area contributed by atoms with Gasteiger partial charge in [0.2, 0.25) is 0 Å². The fourth-order valence-corrected chi connectivity index (χ4v) is 2.46. The van der Waals surface area contributed by atoms with Crippen LogP contribution in [0.25, 0.3) is 0 Å². The summed E-state index contributed by atoms with van der Waals surface area (Å²) in [5.74, 6) is 0. The molecule has 2 aliphatic rings. The van der Waals surface area contributed by atoms with Crippen molar-refractivity contribution in [1.82, 2.24) is 4.90 Å². The van der Waals surface area contributed by atoms with Gasteiger partial charge in [-0.25, -0.2) is 4.58 Å². The lowest BCUT2D eigenvalue weighted by Gasteiger charge is -2.12. The molecule has 0 atom stereocenters. The number of hydrogen-bond acceptors (Lipinski definition) is 1.